The van der Waals surface area contributed by atoms with Crippen LogP contribution >= 0.6 is 0 Å². The molecule has 3 rings (SSSR count). The summed E-state index contributed by atoms with van der Waals surface area (Å²) in [6.07, 6.45) is 1.67. The number of carbonyl (C=O) groups excluding carboxylic acids is 1. The van der Waals surface area contributed by atoms with E-state index in [0.717, 1.165) is 16.8 Å². The Bertz CT molecular complexity index is 757. The quantitative estimate of drug-likeness (QED) is 0.769. The van der Waals surface area contributed by atoms with Gasteiger partial charge in [-0.15, -0.1) is 0 Å². The molecule has 4 heteroatoms. The fourth-order valence-corrected chi connectivity index (χ4v) is 2.12. The van der Waals surface area contributed by atoms with Crippen molar-refractivity contribution in [2.24, 2.45) is 0 Å². The monoisotopic (exact) mass is 266 g/mol. The van der Waals surface area contributed by atoms with E-state index < -0.39 is 0 Å². The standard InChI is InChI=1S/C16H14N2O2/c1-10-5-6-12(11(2)8-10)18-16(19)15-9-13-14(20-15)4-3-7-17-13/h3-9H,1-2H3,(H,18,19). The lowest BCUT2D eigenvalue weighted by molar-refractivity contribution is 0.0998. The summed E-state index contributed by atoms with van der Waals surface area (Å²) in [6.45, 7) is 3.98. The maximum Gasteiger partial charge on any atom is 0.291 e. The van der Waals surface area contributed by atoms with Crippen LogP contribution in [0.5, 0.6) is 0 Å². The molecule has 1 N–H and O–H groups in total. The van der Waals surface area contributed by atoms with Crippen molar-refractivity contribution in [1.82, 2.24) is 4.98 Å². The second kappa shape index (κ2) is 4.81. The number of rotatable bonds is 2. The van der Waals surface area contributed by atoms with Gasteiger partial charge < -0.3 is 9.73 Å². The van der Waals surface area contributed by atoms with E-state index in [-0.39, 0.29) is 11.7 Å². The lowest BCUT2D eigenvalue weighted by Gasteiger charge is -2.07. The third kappa shape index (κ3) is 2.28. The van der Waals surface area contributed by atoms with Gasteiger partial charge in [-0.3, -0.25) is 9.78 Å². The van der Waals surface area contributed by atoms with Crippen molar-refractivity contribution in [2.75, 3.05) is 5.32 Å². The highest BCUT2D eigenvalue weighted by Crippen LogP contribution is 2.20. The molecule has 1 aromatic carbocycles. The minimum absolute atomic E-state index is 0.263. The van der Waals surface area contributed by atoms with Gasteiger partial charge in [-0.1, -0.05) is 17.7 Å². The van der Waals surface area contributed by atoms with Crippen LogP contribution in [0.3, 0.4) is 0 Å². The van der Waals surface area contributed by atoms with E-state index in [2.05, 4.69) is 10.3 Å². The van der Waals surface area contributed by atoms with Crippen LogP contribution in [-0.2, 0) is 0 Å². The largest absolute Gasteiger partial charge is 0.449 e. The minimum Gasteiger partial charge on any atom is -0.449 e. The highest BCUT2D eigenvalue weighted by atomic mass is 16.3. The highest BCUT2D eigenvalue weighted by Gasteiger charge is 2.13. The van der Waals surface area contributed by atoms with E-state index in [1.54, 1.807) is 24.4 Å². The summed E-state index contributed by atoms with van der Waals surface area (Å²) in [6, 6.07) is 11.1. The van der Waals surface area contributed by atoms with Crippen LogP contribution in [0.2, 0.25) is 0 Å². The number of amides is 1. The van der Waals surface area contributed by atoms with Gasteiger partial charge in [0.2, 0.25) is 0 Å². The number of fused-ring (bicyclic) bond motifs is 1. The van der Waals surface area contributed by atoms with Crippen molar-refractivity contribution >= 4 is 22.7 Å². The van der Waals surface area contributed by atoms with E-state index in [9.17, 15) is 4.79 Å². The van der Waals surface area contributed by atoms with Crippen LogP contribution in [-0.4, -0.2) is 10.9 Å². The van der Waals surface area contributed by atoms with E-state index in [0.29, 0.717) is 11.1 Å². The van der Waals surface area contributed by atoms with E-state index >= 15 is 0 Å². The summed E-state index contributed by atoms with van der Waals surface area (Å²) in [5, 5.41) is 2.85. The molecule has 4 nitrogen and oxygen atoms in total. The minimum atomic E-state index is -0.269. The number of hydrogen-bond acceptors (Lipinski definition) is 3. The molecule has 3 aromatic rings. The van der Waals surface area contributed by atoms with Crippen molar-refractivity contribution in [1.29, 1.82) is 0 Å². The molecule has 2 aromatic heterocycles. The van der Waals surface area contributed by atoms with Gasteiger partial charge in [0, 0.05) is 18.0 Å². The van der Waals surface area contributed by atoms with Crippen LogP contribution in [0.4, 0.5) is 5.69 Å². The fourth-order valence-electron chi connectivity index (χ4n) is 2.12. The zero-order chi connectivity index (χ0) is 14.1. The molecule has 0 bridgehead atoms. The molecule has 0 aliphatic heterocycles. The molecule has 0 saturated carbocycles. The molecular weight excluding hydrogens is 252 g/mol. The summed E-state index contributed by atoms with van der Waals surface area (Å²) in [5.74, 6) is -0.00590. The number of pyridine rings is 1. The third-order valence-electron chi connectivity index (χ3n) is 3.14. The first kappa shape index (κ1) is 12.4. The van der Waals surface area contributed by atoms with Crippen molar-refractivity contribution in [3.05, 3.63) is 59.5 Å². The van der Waals surface area contributed by atoms with Crippen LogP contribution < -0.4 is 5.32 Å². The normalized spacial score (nSPS) is 10.7. The number of carbonyl (C=O) groups is 1. The highest BCUT2D eigenvalue weighted by molar-refractivity contribution is 6.04. The maximum absolute atomic E-state index is 12.2. The number of furan rings is 1. The van der Waals surface area contributed by atoms with Gasteiger partial charge >= 0.3 is 0 Å². The van der Waals surface area contributed by atoms with E-state index in [1.807, 2.05) is 32.0 Å². The van der Waals surface area contributed by atoms with Crippen molar-refractivity contribution < 1.29 is 9.21 Å². The van der Waals surface area contributed by atoms with Gasteiger partial charge in [0.05, 0.1) is 0 Å². The van der Waals surface area contributed by atoms with Gasteiger partial charge in [0.1, 0.15) is 5.52 Å². The number of nitrogens with zero attached hydrogens (tertiary/aromatic N) is 1. The Labute approximate surface area is 116 Å². The van der Waals surface area contributed by atoms with Gasteiger partial charge in [0.25, 0.3) is 5.91 Å². The molecule has 0 saturated heterocycles. The molecule has 0 spiro atoms. The number of nitrogens with one attached hydrogen (secondary N) is 1. The number of benzene rings is 1. The molecular formula is C16H14N2O2. The second-order valence-electron chi connectivity index (χ2n) is 4.77. The third-order valence-corrected chi connectivity index (χ3v) is 3.14. The Morgan fingerprint density at radius 2 is 2.05 bits per heavy atom. The number of aryl methyl sites for hydroxylation is 2. The lowest BCUT2D eigenvalue weighted by atomic mass is 10.1. The van der Waals surface area contributed by atoms with Crippen molar-refractivity contribution in [2.45, 2.75) is 13.8 Å². The van der Waals surface area contributed by atoms with E-state index in [1.165, 1.54) is 0 Å². The smallest absolute Gasteiger partial charge is 0.291 e. The molecule has 0 aliphatic carbocycles. The summed E-state index contributed by atoms with van der Waals surface area (Å²) >= 11 is 0. The molecule has 0 aliphatic rings. The number of hydrogen-bond donors (Lipinski definition) is 1. The zero-order valence-electron chi connectivity index (χ0n) is 11.3. The Morgan fingerprint density at radius 1 is 1.20 bits per heavy atom. The molecule has 0 fully saturated rings. The van der Waals surface area contributed by atoms with Gasteiger partial charge in [-0.25, -0.2) is 0 Å². The Hall–Kier alpha value is -2.62. The predicted octanol–water partition coefficient (Wildman–Crippen LogP) is 3.70. The zero-order valence-corrected chi connectivity index (χ0v) is 11.3. The lowest BCUT2D eigenvalue weighted by Crippen LogP contribution is -2.11. The first-order valence-corrected chi connectivity index (χ1v) is 6.36. The molecule has 0 unspecified atom stereocenters. The predicted molar refractivity (Wildman–Crippen MR) is 77.9 cm³/mol. The first-order valence-electron chi connectivity index (χ1n) is 6.36. The topological polar surface area (TPSA) is 55.1 Å². The van der Waals surface area contributed by atoms with Crippen LogP contribution in [0.1, 0.15) is 21.7 Å². The average molecular weight is 266 g/mol. The van der Waals surface area contributed by atoms with Crippen molar-refractivity contribution in [3.63, 3.8) is 0 Å². The second-order valence-corrected chi connectivity index (χ2v) is 4.77. The number of anilines is 1. The molecule has 0 atom stereocenters. The first-order chi connectivity index (χ1) is 9.63. The Balaban J connectivity index is 1.89. The summed E-state index contributed by atoms with van der Waals surface area (Å²) in [7, 11) is 0. The molecule has 100 valence electrons. The number of aromatic nitrogens is 1. The summed E-state index contributed by atoms with van der Waals surface area (Å²) in [4.78, 5) is 16.3. The molecule has 1 amide bonds. The van der Waals surface area contributed by atoms with E-state index in [4.69, 9.17) is 4.42 Å². The van der Waals surface area contributed by atoms with Crippen LogP contribution in [0, 0.1) is 13.8 Å². The molecule has 0 radical (unpaired) electrons. The molecule has 20 heavy (non-hydrogen) atoms. The van der Waals surface area contributed by atoms with Gasteiger partial charge in [0.15, 0.2) is 11.3 Å². The van der Waals surface area contributed by atoms with Crippen LogP contribution in [0.15, 0.2) is 47.0 Å². The van der Waals surface area contributed by atoms with Crippen molar-refractivity contribution in [3.8, 4) is 0 Å². The Kier molecular flexibility index (Phi) is 2.99. The van der Waals surface area contributed by atoms with Gasteiger partial charge in [-0.2, -0.15) is 0 Å². The SMILES string of the molecule is Cc1ccc(NC(=O)c2cc3ncccc3o2)c(C)c1. The maximum atomic E-state index is 12.2. The Morgan fingerprint density at radius 3 is 2.80 bits per heavy atom. The average Bonchev–Trinajstić information content (AvgIpc) is 2.86. The summed E-state index contributed by atoms with van der Waals surface area (Å²) in [5.41, 5.74) is 4.26. The molecule has 2 heterocycles. The van der Waals surface area contributed by atoms with Crippen LogP contribution in [0.25, 0.3) is 11.1 Å². The fraction of sp³-hybridized carbons (Fsp3) is 0.125. The van der Waals surface area contributed by atoms with Gasteiger partial charge in [-0.05, 0) is 37.6 Å². The summed E-state index contributed by atoms with van der Waals surface area (Å²) < 4.78 is 5.49.